The molecule has 0 aliphatic heterocycles. The highest BCUT2D eigenvalue weighted by Crippen LogP contribution is 2.47. The van der Waals surface area contributed by atoms with E-state index in [1.807, 2.05) is 0 Å². The van der Waals surface area contributed by atoms with Crippen molar-refractivity contribution in [3.05, 3.63) is 0 Å². The first kappa shape index (κ1) is 12.1. The molecule has 0 spiro atoms. The smallest absolute Gasteiger partial charge is 0.166 e. The second kappa shape index (κ2) is 4.48. The van der Waals surface area contributed by atoms with Gasteiger partial charge in [0, 0.05) is 0 Å². The highest BCUT2D eigenvalue weighted by molar-refractivity contribution is 9.11. The maximum Gasteiger partial charge on any atom is 0.166 e. The molecule has 0 aromatic heterocycles. The van der Waals surface area contributed by atoms with E-state index in [1.54, 1.807) is 0 Å². The molecule has 0 bridgehead atoms. The molecule has 0 atom stereocenters. The number of alkyl halides is 2. The van der Waals surface area contributed by atoms with Crippen LogP contribution in [-0.2, 0) is 4.79 Å². The summed E-state index contributed by atoms with van der Waals surface area (Å²) in [6.45, 7) is 0. The summed E-state index contributed by atoms with van der Waals surface area (Å²) in [5.74, 6) is 0.423. The van der Waals surface area contributed by atoms with Crippen LogP contribution in [0.3, 0.4) is 0 Å². The second-order valence-electron chi connectivity index (χ2n) is 5.03. The molecule has 0 heterocycles. The Morgan fingerprint density at radius 3 is 1.47 bits per heavy atom. The molecule has 0 radical (unpaired) electrons. The maximum atomic E-state index is 12.6. The monoisotopic (exact) mass is 336 g/mol. The number of rotatable bonds is 2. The van der Waals surface area contributed by atoms with Gasteiger partial charge < -0.3 is 0 Å². The molecule has 0 N–H and O–H groups in total. The average Bonchev–Trinajstić information content (AvgIpc) is 2.66. The van der Waals surface area contributed by atoms with Gasteiger partial charge in [0.15, 0.2) is 5.78 Å². The zero-order valence-electron chi connectivity index (χ0n) is 9.03. The molecule has 3 heteroatoms. The topological polar surface area (TPSA) is 17.1 Å². The number of Topliss-reactive ketones (excluding diaryl/α,β-unsaturated/α-hetero) is 1. The predicted molar refractivity (Wildman–Crippen MR) is 69.9 cm³/mol. The number of carbonyl (C=O) groups is 1. The van der Waals surface area contributed by atoms with Crippen LogP contribution < -0.4 is 0 Å². The van der Waals surface area contributed by atoms with Gasteiger partial charge in [-0.05, 0) is 25.7 Å². The Morgan fingerprint density at radius 2 is 1.07 bits per heavy atom. The first-order valence-electron chi connectivity index (χ1n) is 6.00. The summed E-state index contributed by atoms with van der Waals surface area (Å²) in [5.41, 5.74) is 0. The first-order chi connectivity index (χ1) is 7.07. The van der Waals surface area contributed by atoms with Gasteiger partial charge in [-0.25, -0.2) is 0 Å². The Morgan fingerprint density at radius 1 is 0.733 bits per heavy atom. The third-order valence-corrected chi connectivity index (χ3v) is 6.16. The molecule has 2 rings (SSSR count). The molecule has 2 saturated carbocycles. The fourth-order valence-electron chi connectivity index (χ4n) is 2.90. The molecule has 0 amide bonds. The fraction of sp³-hybridized carbons (Fsp3) is 0.917. The third-order valence-electron chi connectivity index (χ3n) is 3.86. The van der Waals surface area contributed by atoms with Crippen LogP contribution >= 0.6 is 31.9 Å². The van der Waals surface area contributed by atoms with Crippen molar-refractivity contribution in [1.29, 1.82) is 0 Å². The number of hydrogen-bond acceptors (Lipinski definition) is 1. The molecule has 2 fully saturated rings. The molecule has 2 aliphatic carbocycles. The zero-order chi connectivity index (χ0) is 10.9. The minimum Gasteiger partial charge on any atom is -0.297 e. The molecule has 0 aromatic rings. The Labute approximate surface area is 109 Å². The second-order valence-corrected chi connectivity index (χ2v) is 8.06. The van der Waals surface area contributed by atoms with Gasteiger partial charge in [-0.2, -0.15) is 0 Å². The molecular formula is C12H18Br2O. The van der Waals surface area contributed by atoms with Gasteiger partial charge >= 0.3 is 0 Å². The van der Waals surface area contributed by atoms with Crippen LogP contribution in [0.25, 0.3) is 0 Å². The number of ketones is 1. The van der Waals surface area contributed by atoms with Crippen LogP contribution in [0.15, 0.2) is 0 Å². The van der Waals surface area contributed by atoms with E-state index in [4.69, 9.17) is 0 Å². The number of halogens is 2. The predicted octanol–water partition coefficient (Wildman–Crippen LogP) is 4.36. The van der Waals surface area contributed by atoms with Gasteiger partial charge in [0.25, 0.3) is 0 Å². The highest BCUT2D eigenvalue weighted by Gasteiger charge is 2.48. The van der Waals surface area contributed by atoms with E-state index in [9.17, 15) is 4.79 Å². The van der Waals surface area contributed by atoms with Crippen molar-refractivity contribution in [3.8, 4) is 0 Å². The molecule has 0 aromatic carbocycles. The quantitative estimate of drug-likeness (QED) is 0.684. The molecule has 15 heavy (non-hydrogen) atoms. The summed E-state index contributed by atoms with van der Waals surface area (Å²) in [6, 6.07) is 0. The van der Waals surface area contributed by atoms with Crippen molar-refractivity contribution in [2.24, 2.45) is 0 Å². The summed E-state index contributed by atoms with van der Waals surface area (Å²) in [6.07, 6.45) is 10.2. The number of carbonyl (C=O) groups excluding carboxylic acids is 1. The molecule has 0 unspecified atom stereocenters. The van der Waals surface area contributed by atoms with Gasteiger partial charge in [-0.3, -0.25) is 4.79 Å². The Bertz CT molecular complexity index is 250. The standard InChI is InChI=1S/C12H18Br2O/c13-11(6-2-1-3-7-11)10(15)12(14)8-4-5-9-12/h1-9H2. The van der Waals surface area contributed by atoms with Crippen LogP contribution in [0.4, 0.5) is 0 Å². The normalized spacial score (nSPS) is 28.9. The third kappa shape index (κ3) is 2.33. The van der Waals surface area contributed by atoms with Crippen LogP contribution in [0.1, 0.15) is 57.8 Å². The van der Waals surface area contributed by atoms with Crippen molar-refractivity contribution in [2.45, 2.75) is 66.4 Å². The van der Waals surface area contributed by atoms with Gasteiger partial charge in [-0.15, -0.1) is 0 Å². The summed E-state index contributed by atoms with van der Waals surface area (Å²) in [7, 11) is 0. The molecule has 86 valence electrons. The molecule has 1 nitrogen and oxygen atoms in total. The van der Waals surface area contributed by atoms with Crippen molar-refractivity contribution in [3.63, 3.8) is 0 Å². The Kier molecular flexibility index (Phi) is 3.61. The summed E-state index contributed by atoms with van der Waals surface area (Å²) >= 11 is 7.43. The van der Waals surface area contributed by atoms with E-state index in [2.05, 4.69) is 31.9 Å². The first-order valence-corrected chi connectivity index (χ1v) is 7.58. The van der Waals surface area contributed by atoms with Crippen LogP contribution in [0.5, 0.6) is 0 Å². The maximum absolute atomic E-state index is 12.6. The van der Waals surface area contributed by atoms with E-state index < -0.39 is 0 Å². The van der Waals surface area contributed by atoms with Crippen LogP contribution in [-0.4, -0.2) is 14.4 Å². The summed E-state index contributed by atoms with van der Waals surface area (Å²) < 4.78 is -0.410. The lowest BCUT2D eigenvalue weighted by molar-refractivity contribution is -0.124. The molecule has 2 aliphatic rings. The van der Waals surface area contributed by atoms with Gasteiger partial charge in [-0.1, -0.05) is 64.0 Å². The summed E-state index contributed by atoms with van der Waals surface area (Å²) in [5, 5.41) is 0. The van der Waals surface area contributed by atoms with Crippen molar-refractivity contribution in [2.75, 3.05) is 0 Å². The molecule has 0 saturated heterocycles. The lowest BCUT2D eigenvalue weighted by atomic mass is 9.81. The van der Waals surface area contributed by atoms with Crippen molar-refractivity contribution >= 4 is 37.6 Å². The fourth-order valence-corrected chi connectivity index (χ4v) is 5.05. The van der Waals surface area contributed by atoms with E-state index in [-0.39, 0.29) is 8.65 Å². The SMILES string of the molecule is O=C(C1(Br)CCCCC1)C1(Br)CCCC1. The average molecular weight is 338 g/mol. The molecular weight excluding hydrogens is 320 g/mol. The van der Waals surface area contributed by atoms with Gasteiger partial charge in [0.1, 0.15) is 0 Å². The zero-order valence-corrected chi connectivity index (χ0v) is 12.2. The van der Waals surface area contributed by atoms with Crippen LogP contribution in [0.2, 0.25) is 0 Å². The lowest BCUT2D eigenvalue weighted by Gasteiger charge is -2.35. The Hall–Kier alpha value is 0.630. The number of hydrogen-bond donors (Lipinski definition) is 0. The minimum absolute atomic E-state index is 0.201. The van der Waals surface area contributed by atoms with E-state index in [0.717, 1.165) is 25.7 Å². The van der Waals surface area contributed by atoms with E-state index >= 15 is 0 Å². The van der Waals surface area contributed by atoms with Crippen LogP contribution in [0, 0.1) is 0 Å². The highest BCUT2D eigenvalue weighted by atomic mass is 79.9. The van der Waals surface area contributed by atoms with Gasteiger partial charge in [0.2, 0.25) is 0 Å². The van der Waals surface area contributed by atoms with Crippen molar-refractivity contribution < 1.29 is 4.79 Å². The van der Waals surface area contributed by atoms with E-state index in [1.165, 1.54) is 32.1 Å². The van der Waals surface area contributed by atoms with Crippen molar-refractivity contribution in [1.82, 2.24) is 0 Å². The summed E-state index contributed by atoms with van der Waals surface area (Å²) in [4.78, 5) is 12.6. The Balaban J connectivity index is 2.11. The largest absolute Gasteiger partial charge is 0.297 e. The minimum atomic E-state index is -0.209. The van der Waals surface area contributed by atoms with E-state index in [0.29, 0.717) is 5.78 Å². The lowest BCUT2D eigenvalue weighted by Crippen LogP contribution is -2.45. The van der Waals surface area contributed by atoms with Gasteiger partial charge in [0.05, 0.1) is 8.65 Å².